The molecule has 0 bridgehead atoms. The van der Waals surface area contributed by atoms with Crippen molar-refractivity contribution in [3.8, 4) is 0 Å². The number of carbonyl (C=O) groups excluding carboxylic acids is 2. The Balaban J connectivity index is 3.87. The Bertz CT molecular complexity index is 1050. The maximum absolute atomic E-state index is 12.4. The minimum absolute atomic E-state index is 0.200. The van der Waals surface area contributed by atoms with E-state index in [1.807, 2.05) is 0 Å². The maximum Gasteiger partial charge on any atom is 0.469 e. The Morgan fingerprint density at radius 2 is 0.857 bits per heavy atom. The number of rotatable bonds is 42. The molecular formula is C47H85O8P. The van der Waals surface area contributed by atoms with Crippen LogP contribution in [0.3, 0.4) is 0 Å². The first-order valence-electron chi connectivity index (χ1n) is 22.9. The lowest BCUT2D eigenvalue weighted by Crippen LogP contribution is -2.29. The van der Waals surface area contributed by atoms with Gasteiger partial charge in [-0.2, -0.15) is 0 Å². The Hall–Kier alpha value is -1.99. The average Bonchev–Trinajstić information content (AvgIpc) is 3.17. The SMILES string of the molecule is CC/C=C\C/C=C\C/C=C\CCCCCCCCCC(=O)OC(COC(=O)CCCCCCCCCCC/C=C\CCCCCCCCCC)COP(=O)(O)O. The van der Waals surface area contributed by atoms with E-state index in [-0.39, 0.29) is 19.4 Å². The van der Waals surface area contributed by atoms with Crippen LogP contribution < -0.4 is 0 Å². The van der Waals surface area contributed by atoms with Crippen molar-refractivity contribution in [1.82, 2.24) is 0 Å². The quantitative estimate of drug-likeness (QED) is 0.0271. The molecule has 0 fully saturated rings. The standard InChI is InChI=1S/C47H85O8P/c1-3-5-7-9-11-13-15-17-19-21-22-23-24-26-27-29-31-33-35-37-39-41-46(48)53-43-45(44-54-56(50,51)52)55-47(49)42-40-38-36-34-32-30-28-25-20-18-16-14-12-10-8-6-4-2/h6,8,12,14,18,20-22,45H,3-5,7,9-11,13,15-17,19,23-44H2,1-2H3,(H2,50,51,52)/b8-6-,14-12-,20-18-,22-21-. The maximum atomic E-state index is 12.4. The molecule has 0 amide bonds. The second-order valence-corrected chi connectivity index (χ2v) is 16.6. The predicted octanol–water partition coefficient (Wildman–Crippen LogP) is 14.3. The third-order valence-corrected chi connectivity index (χ3v) is 10.3. The van der Waals surface area contributed by atoms with E-state index in [1.165, 1.54) is 122 Å². The molecule has 56 heavy (non-hydrogen) atoms. The molecule has 0 aromatic carbocycles. The minimum atomic E-state index is -4.76. The van der Waals surface area contributed by atoms with Gasteiger partial charge in [-0.15, -0.1) is 0 Å². The fourth-order valence-electron chi connectivity index (χ4n) is 6.44. The summed E-state index contributed by atoms with van der Waals surface area (Å²) in [6.45, 7) is 3.58. The predicted molar refractivity (Wildman–Crippen MR) is 234 cm³/mol. The average molecular weight is 809 g/mol. The zero-order valence-corrected chi connectivity index (χ0v) is 36.9. The van der Waals surface area contributed by atoms with Gasteiger partial charge < -0.3 is 19.3 Å². The van der Waals surface area contributed by atoms with Crippen molar-refractivity contribution in [2.45, 2.75) is 225 Å². The number of hydrogen-bond donors (Lipinski definition) is 2. The van der Waals surface area contributed by atoms with Crippen molar-refractivity contribution in [2.24, 2.45) is 0 Å². The molecule has 1 unspecified atom stereocenters. The summed E-state index contributed by atoms with van der Waals surface area (Å²) in [6, 6.07) is 0. The lowest BCUT2D eigenvalue weighted by atomic mass is 10.1. The van der Waals surface area contributed by atoms with Crippen molar-refractivity contribution >= 4 is 19.8 Å². The summed E-state index contributed by atoms with van der Waals surface area (Å²) in [5.74, 6) is -0.895. The van der Waals surface area contributed by atoms with E-state index in [4.69, 9.17) is 19.3 Å². The van der Waals surface area contributed by atoms with Crippen LogP contribution in [0, 0.1) is 0 Å². The number of phosphoric acid groups is 1. The molecule has 326 valence electrons. The molecular weight excluding hydrogens is 723 g/mol. The Morgan fingerprint density at radius 3 is 1.30 bits per heavy atom. The van der Waals surface area contributed by atoms with Gasteiger partial charge in [0.25, 0.3) is 0 Å². The molecule has 0 aliphatic rings. The topological polar surface area (TPSA) is 119 Å². The highest BCUT2D eigenvalue weighted by Gasteiger charge is 2.22. The van der Waals surface area contributed by atoms with Crippen LogP contribution in [0.4, 0.5) is 0 Å². The van der Waals surface area contributed by atoms with Crippen LogP contribution in [0.25, 0.3) is 0 Å². The molecule has 1 atom stereocenters. The highest BCUT2D eigenvalue weighted by molar-refractivity contribution is 7.46. The fourth-order valence-corrected chi connectivity index (χ4v) is 6.80. The van der Waals surface area contributed by atoms with Crippen LogP contribution >= 0.6 is 7.82 Å². The Kier molecular flexibility index (Phi) is 41.1. The van der Waals surface area contributed by atoms with E-state index < -0.39 is 32.5 Å². The van der Waals surface area contributed by atoms with Crippen LogP contribution in [0.5, 0.6) is 0 Å². The Morgan fingerprint density at radius 1 is 0.482 bits per heavy atom. The normalized spacial score (nSPS) is 12.9. The van der Waals surface area contributed by atoms with Gasteiger partial charge in [-0.3, -0.25) is 14.1 Å². The molecule has 2 N–H and O–H groups in total. The fraction of sp³-hybridized carbons (Fsp3) is 0.787. The number of allylic oxidation sites excluding steroid dienone is 8. The van der Waals surface area contributed by atoms with Gasteiger partial charge in [-0.1, -0.05) is 184 Å². The summed E-state index contributed by atoms with van der Waals surface area (Å²) in [4.78, 5) is 43.0. The number of phosphoric ester groups is 1. The van der Waals surface area contributed by atoms with Crippen LogP contribution in [-0.4, -0.2) is 41.0 Å². The summed E-state index contributed by atoms with van der Waals surface area (Å²) in [7, 11) is -4.76. The van der Waals surface area contributed by atoms with E-state index in [2.05, 4.69) is 67.0 Å². The summed E-state index contributed by atoms with van der Waals surface area (Å²) >= 11 is 0. The molecule has 0 aromatic heterocycles. The first-order valence-corrected chi connectivity index (χ1v) is 24.5. The van der Waals surface area contributed by atoms with Crippen molar-refractivity contribution in [3.63, 3.8) is 0 Å². The van der Waals surface area contributed by atoms with Gasteiger partial charge in [0.05, 0.1) is 6.61 Å². The summed E-state index contributed by atoms with van der Waals surface area (Å²) in [5, 5.41) is 0. The van der Waals surface area contributed by atoms with Gasteiger partial charge in [-0.25, -0.2) is 4.57 Å². The molecule has 8 nitrogen and oxygen atoms in total. The second kappa shape index (κ2) is 42.6. The van der Waals surface area contributed by atoms with Gasteiger partial charge in [-0.05, 0) is 70.6 Å². The number of esters is 2. The van der Waals surface area contributed by atoms with E-state index in [0.717, 1.165) is 64.2 Å². The highest BCUT2D eigenvalue weighted by Crippen LogP contribution is 2.36. The third-order valence-electron chi connectivity index (χ3n) is 9.83. The molecule has 0 rings (SSSR count). The number of unbranched alkanes of at least 4 members (excludes halogenated alkanes) is 24. The zero-order valence-electron chi connectivity index (χ0n) is 36.0. The smallest absolute Gasteiger partial charge is 0.462 e. The van der Waals surface area contributed by atoms with Crippen molar-refractivity contribution in [1.29, 1.82) is 0 Å². The molecule has 0 aliphatic heterocycles. The van der Waals surface area contributed by atoms with Gasteiger partial charge >= 0.3 is 19.8 Å². The third kappa shape index (κ3) is 44.7. The molecule has 0 radical (unpaired) electrons. The Labute approximate surface area is 344 Å². The summed E-state index contributed by atoms with van der Waals surface area (Å²) in [5.41, 5.74) is 0. The number of ether oxygens (including phenoxy) is 2. The van der Waals surface area contributed by atoms with Crippen molar-refractivity contribution < 1.29 is 37.9 Å². The molecule has 0 saturated carbocycles. The van der Waals surface area contributed by atoms with E-state index in [1.54, 1.807) is 0 Å². The van der Waals surface area contributed by atoms with Gasteiger partial charge in [0, 0.05) is 12.8 Å². The molecule has 0 saturated heterocycles. The van der Waals surface area contributed by atoms with E-state index in [0.29, 0.717) is 6.42 Å². The van der Waals surface area contributed by atoms with Gasteiger partial charge in [0.1, 0.15) is 6.61 Å². The monoisotopic (exact) mass is 809 g/mol. The molecule has 0 aromatic rings. The summed E-state index contributed by atoms with van der Waals surface area (Å²) in [6.07, 6.45) is 52.6. The lowest BCUT2D eigenvalue weighted by molar-refractivity contribution is -0.161. The van der Waals surface area contributed by atoms with Crippen LogP contribution in [0.15, 0.2) is 48.6 Å². The van der Waals surface area contributed by atoms with E-state index in [9.17, 15) is 14.2 Å². The second-order valence-electron chi connectivity index (χ2n) is 15.3. The van der Waals surface area contributed by atoms with Crippen LogP contribution in [-0.2, 0) is 28.2 Å². The first-order chi connectivity index (χ1) is 27.3. The zero-order chi connectivity index (χ0) is 41.1. The lowest BCUT2D eigenvalue weighted by Gasteiger charge is -2.18. The van der Waals surface area contributed by atoms with Gasteiger partial charge in [0.2, 0.25) is 0 Å². The van der Waals surface area contributed by atoms with Crippen LogP contribution in [0.2, 0.25) is 0 Å². The number of carbonyl (C=O) groups is 2. The first kappa shape index (κ1) is 54.0. The molecule has 0 spiro atoms. The summed E-state index contributed by atoms with van der Waals surface area (Å²) < 4.78 is 26.4. The minimum Gasteiger partial charge on any atom is -0.462 e. The van der Waals surface area contributed by atoms with E-state index >= 15 is 0 Å². The molecule has 0 heterocycles. The molecule has 0 aliphatic carbocycles. The number of hydrogen-bond acceptors (Lipinski definition) is 6. The van der Waals surface area contributed by atoms with Crippen molar-refractivity contribution in [3.05, 3.63) is 48.6 Å². The van der Waals surface area contributed by atoms with Gasteiger partial charge in [0.15, 0.2) is 6.10 Å². The van der Waals surface area contributed by atoms with Crippen LogP contribution in [0.1, 0.15) is 219 Å². The highest BCUT2D eigenvalue weighted by atomic mass is 31.2. The molecule has 9 heteroatoms. The largest absolute Gasteiger partial charge is 0.469 e. The van der Waals surface area contributed by atoms with Crippen molar-refractivity contribution in [2.75, 3.05) is 13.2 Å².